The van der Waals surface area contributed by atoms with Crippen molar-refractivity contribution in [1.82, 2.24) is 9.88 Å². The first-order valence-corrected chi connectivity index (χ1v) is 11.8. The third-order valence-electron chi connectivity index (χ3n) is 6.54. The number of fused-ring (bicyclic) bond motifs is 2. The molecule has 2 aliphatic rings. The lowest BCUT2D eigenvalue weighted by atomic mass is 10.1. The van der Waals surface area contributed by atoms with E-state index in [2.05, 4.69) is 0 Å². The third kappa shape index (κ3) is 3.79. The fourth-order valence-electron chi connectivity index (χ4n) is 4.66. The summed E-state index contributed by atoms with van der Waals surface area (Å²) >= 11 is 0. The number of carbonyl (C=O) groups is 3. The maximum atomic E-state index is 13.3. The molecule has 0 bridgehead atoms. The molecule has 1 aliphatic heterocycles. The summed E-state index contributed by atoms with van der Waals surface area (Å²) in [6.07, 6.45) is 5.43. The van der Waals surface area contributed by atoms with Gasteiger partial charge in [0.05, 0.1) is 29.4 Å². The van der Waals surface area contributed by atoms with Crippen LogP contribution in [0.15, 0.2) is 101 Å². The number of ether oxygens (including phenoxy) is 1. The smallest absolute Gasteiger partial charge is 0.335 e. The van der Waals surface area contributed by atoms with Crippen molar-refractivity contribution < 1.29 is 28.6 Å². The Morgan fingerprint density at radius 3 is 2.53 bits per heavy atom. The van der Waals surface area contributed by atoms with E-state index in [1.807, 2.05) is 48.5 Å². The number of oxazole rings is 1. The fourth-order valence-corrected chi connectivity index (χ4v) is 4.66. The second-order valence-corrected chi connectivity index (χ2v) is 8.80. The average Bonchev–Trinajstić information content (AvgIpc) is 3.38. The van der Waals surface area contributed by atoms with Gasteiger partial charge in [0, 0.05) is 12.1 Å². The molecule has 1 aromatic heterocycles. The normalized spacial score (nSPS) is 15.1. The SMILES string of the molecule is COC1=C(c2nc3cc(-c4ccccc4)ccc3o2)C=C(N2C(=O)c3ccc(C(=O)O)cc3C2=O)CC=C1. The number of aromatic carboxylic acids is 1. The first-order valence-electron chi connectivity index (χ1n) is 11.8. The molecule has 2 heterocycles. The largest absolute Gasteiger partial charge is 0.496 e. The summed E-state index contributed by atoms with van der Waals surface area (Å²) in [7, 11) is 1.52. The van der Waals surface area contributed by atoms with E-state index in [1.54, 1.807) is 18.2 Å². The van der Waals surface area contributed by atoms with Crippen LogP contribution in [0.25, 0.3) is 27.8 Å². The summed E-state index contributed by atoms with van der Waals surface area (Å²) in [6.45, 7) is 0. The van der Waals surface area contributed by atoms with E-state index in [9.17, 15) is 19.5 Å². The standard InChI is InChI=1S/C30H20N2O6/c1-37-25-9-5-8-20(32-28(33)21-12-10-19(30(35)36)14-22(21)29(32)34)16-23(25)27-31-24-15-18(11-13-26(24)38-27)17-6-3-2-4-7-17/h2-7,9-16H,8H2,1H3,(H,35,36). The van der Waals surface area contributed by atoms with Crippen LogP contribution in [0.4, 0.5) is 0 Å². The molecule has 6 rings (SSSR count). The zero-order chi connectivity index (χ0) is 26.4. The predicted octanol–water partition coefficient (Wildman–Crippen LogP) is 5.69. The van der Waals surface area contributed by atoms with Crippen LogP contribution in [0.1, 0.15) is 43.4 Å². The Kier molecular flexibility index (Phi) is 5.49. The molecule has 4 aromatic rings. The van der Waals surface area contributed by atoms with Gasteiger partial charge in [0.25, 0.3) is 11.8 Å². The maximum absolute atomic E-state index is 13.3. The Morgan fingerprint density at radius 2 is 1.76 bits per heavy atom. The highest BCUT2D eigenvalue weighted by Crippen LogP contribution is 2.35. The molecule has 3 aromatic carbocycles. The van der Waals surface area contributed by atoms with Gasteiger partial charge in [-0.2, -0.15) is 0 Å². The number of hydrogen-bond acceptors (Lipinski definition) is 6. The maximum Gasteiger partial charge on any atom is 0.335 e. The van der Waals surface area contributed by atoms with Gasteiger partial charge in [0.2, 0.25) is 5.89 Å². The number of rotatable bonds is 5. The molecule has 1 N–H and O–H groups in total. The molecule has 8 nitrogen and oxygen atoms in total. The molecule has 1 aliphatic carbocycles. The molecule has 0 unspecified atom stereocenters. The van der Waals surface area contributed by atoms with Crippen LogP contribution in [-0.2, 0) is 4.74 Å². The Bertz CT molecular complexity index is 1740. The number of carboxylic acid groups (broad SMARTS) is 1. The number of carbonyl (C=O) groups excluding carboxylic acids is 2. The minimum Gasteiger partial charge on any atom is -0.496 e. The minimum atomic E-state index is -1.18. The van der Waals surface area contributed by atoms with Crippen molar-refractivity contribution in [3.63, 3.8) is 0 Å². The van der Waals surface area contributed by atoms with Gasteiger partial charge in [0.15, 0.2) is 5.58 Å². The quantitative estimate of drug-likeness (QED) is 0.348. The average molecular weight is 504 g/mol. The van der Waals surface area contributed by atoms with Crippen molar-refractivity contribution >= 4 is 34.5 Å². The van der Waals surface area contributed by atoms with Crippen LogP contribution in [0.3, 0.4) is 0 Å². The number of methoxy groups -OCH3 is 1. The third-order valence-corrected chi connectivity index (χ3v) is 6.54. The zero-order valence-corrected chi connectivity index (χ0v) is 20.2. The summed E-state index contributed by atoms with van der Waals surface area (Å²) in [5.74, 6) is -1.55. The van der Waals surface area contributed by atoms with E-state index in [1.165, 1.54) is 25.3 Å². The molecule has 0 saturated carbocycles. The number of hydrogen-bond donors (Lipinski definition) is 1. The van der Waals surface area contributed by atoms with Gasteiger partial charge in [-0.25, -0.2) is 14.7 Å². The van der Waals surface area contributed by atoms with Gasteiger partial charge in [-0.15, -0.1) is 0 Å². The van der Waals surface area contributed by atoms with Crippen LogP contribution >= 0.6 is 0 Å². The van der Waals surface area contributed by atoms with Crippen LogP contribution in [0.5, 0.6) is 0 Å². The summed E-state index contributed by atoms with van der Waals surface area (Å²) < 4.78 is 11.7. The topological polar surface area (TPSA) is 110 Å². The fraction of sp³-hybridized carbons (Fsp3) is 0.0667. The minimum absolute atomic E-state index is 0.0526. The number of carboxylic acids is 1. The van der Waals surface area contributed by atoms with E-state index in [4.69, 9.17) is 14.1 Å². The highest BCUT2D eigenvalue weighted by molar-refractivity contribution is 6.23. The van der Waals surface area contributed by atoms with Gasteiger partial charge in [-0.1, -0.05) is 42.5 Å². The van der Waals surface area contributed by atoms with Crippen molar-refractivity contribution in [3.8, 4) is 11.1 Å². The number of nitrogens with zero attached hydrogens (tertiary/aromatic N) is 2. The van der Waals surface area contributed by atoms with E-state index < -0.39 is 17.8 Å². The van der Waals surface area contributed by atoms with Crippen molar-refractivity contribution in [3.05, 3.63) is 119 Å². The number of benzene rings is 3. The Balaban J connectivity index is 1.42. The Hall–Kier alpha value is -5.24. The highest BCUT2D eigenvalue weighted by atomic mass is 16.5. The van der Waals surface area contributed by atoms with Crippen LogP contribution < -0.4 is 0 Å². The molecule has 0 saturated heterocycles. The first kappa shape index (κ1) is 23.2. The van der Waals surface area contributed by atoms with Gasteiger partial charge in [-0.3, -0.25) is 9.59 Å². The lowest BCUT2D eigenvalue weighted by Gasteiger charge is -2.16. The Morgan fingerprint density at radius 1 is 0.974 bits per heavy atom. The highest BCUT2D eigenvalue weighted by Gasteiger charge is 2.38. The van der Waals surface area contributed by atoms with Crippen LogP contribution in [-0.4, -0.2) is 39.9 Å². The molecule has 0 atom stereocenters. The van der Waals surface area contributed by atoms with E-state index in [-0.39, 0.29) is 29.0 Å². The van der Waals surface area contributed by atoms with Gasteiger partial charge >= 0.3 is 5.97 Å². The molecule has 0 radical (unpaired) electrons. The molecule has 2 amide bonds. The number of imide groups is 1. The molecule has 8 heteroatoms. The molecule has 38 heavy (non-hydrogen) atoms. The first-order chi connectivity index (χ1) is 18.4. The lowest BCUT2D eigenvalue weighted by molar-refractivity contribution is 0.0689. The summed E-state index contributed by atoms with van der Waals surface area (Å²) in [6, 6.07) is 19.6. The lowest BCUT2D eigenvalue weighted by Crippen LogP contribution is -2.29. The summed E-state index contributed by atoms with van der Waals surface area (Å²) in [5.41, 5.74) is 4.26. The number of aromatic nitrogens is 1. The Labute approximate surface area is 216 Å². The number of allylic oxidation sites excluding steroid dienone is 4. The predicted molar refractivity (Wildman–Crippen MR) is 139 cm³/mol. The molecular formula is C30H20N2O6. The van der Waals surface area contributed by atoms with Gasteiger partial charge < -0.3 is 14.3 Å². The van der Waals surface area contributed by atoms with Crippen molar-refractivity contribution in [2.75, 3.05) is 7.11 Å². The van der Waals surface area contributed by atoms with Crippen molar-refractivity contribution in [1.29, 1.82) is 0 Å². The second kappa shape index (κ2) is 9.01. The van der Waals surface area contributed by atoms with Crippen LogP contribution in [0, 0.1) is 0 Å². The summed E-state index contributed by atoms with van der Waals surface area (Å²) in [4.78, 5) is 43.6. The summed E-state index contributed by atoms with van der Waals surface area (Å²) in [5, 5.41) is 9.31. The number of amides is 2. The van der Waals surface area contributed by atoms with E-state index in [0.29, 0.717) is 28.1 Å². The molecule has 186 valence electrons. The van der Waals surface area contributed by atoms with E-state index >= 15 is 0 Å². The molecule has 0 spiro atoms. The van der Waals surface area contributed by atoms with Crippen molar-refractivity contribution in [2.24, 2.45) is 0 Å². The molecule has 0 fully saturated rings. The zero-order valence-electron chi connectivity index (χ0n) is 20.2. The van der Waals surface area contributed by atoms with E-state index in [0.717, 1.165) is 16.0 Å². The second-order valence-electron chi connectivity index (χ2n) is 8.80. The van der Waals surface area contributed by atoms with Crippen molar-refractivity contribution in [2.45, 2.75) is 6.42 Å². The van der Waals surface area contributed by atoms with Gasteiger partial charge in [-0.05, 0) is 53.6 Å². The molecular weight excluding hydrogens is 484 g/mol. The van der Waals surface area contributed by atoms with Crippen LogP contribution in [0.2, 0.25) is 0 Å². The monoisotopic (exact) mass is 504 g/mol. The van der Waals surface area contributed by atoms with Gasteiger partial charge in [0.1, 0.15) is 11.3 Å².